The van der Waals surface area contributed by atoms with Crippen LogP contribution < -0.4 is 4.74 Å². The van der Waals surface area contributed by atoms with E-state index in [1.54, 1.807) is 26.2 Å². The minimum absolute atomic E-state index is 0.602. The molecule has 2 nitrogen and oxygen atoms in total. The molecule has 0 aliphatic carbocycles. The first kappa shape index (κ1) is 14.9. The van der Waals surface area contributed by atoms with E-state index in [1.165, 1.54) is 0 Å². The van der Waals surface area contributed by atoms with Gasteiger partial charge in [0.15, 0.2) is 0 Å². The van der Waals surface area contributed by atoms with Gasteiger partial charge in [-0.05, 0) is 49.6 Å². The Bertz CT molecular complexity index is 633. The number of hydrogen-bond acceptors (Lipinski definition) is 2. The van der Waals surface area contributed by atoms with Crippen LogP contribution in [-0.4, -0.2) is 12.2 Å². The SMILES string of the molecule is COc1c(C(C)(O)c2cccc(Cl)c2)ccc(C)c1C. The van der Waals surface area contributed by atoms with Crippen LogP contribution >= 0.6 is 11.6 Å². The second kappa shape index (κ2) is 5.47. The molecule has 2 aromatic carbocycles. The highest BCUT2D eigenvalue weighted by molar-refractivity contribution is 6.30. The molecule has 0 fully saturated rings. The average molecular weight is 291 g/mol. The standard InChI is InChI=1S/C17H19ClO2/c1-11-8-9-15(16(20-4)12(11)2)17(3,19)13-6-5-7-14(18)10-13/h5-10,19H,1-4H3. The van der Waals surface area contributed by atoms with E-state index in [9.17, 15) is 5.11 Å². The van der Waals surface area contributed by atoms with Gasteiger partial charge >= 0.3 is 0 Å². The van der Waals surface area contributed by atoms with Crippen LogP contribution in [0.2, 0.25) is 5.02 Å². The third-order valence-electron chi connectivity index (χ3n) is 3.79. The average Bonchev–Trinajstić information content (AvgIpc) is 2.41. The van der Waals surface area contributed by atoms with Gasteiger partial charge in [0.05, 0.1) is 7.11 Å². The zero-order valence-corrected chi connectivity index (χ0v) is 13.0. The van der Waals surface area contributed by atoms with Crippen LogP contribution in [0.15, 0.2) is 36.4 Å². The number of rotatable bonds is 3. The van der Waals surface area contributed by atoms with E-state index >= 15 is 0 Å². The molecule has 1 atom stereocenters. The highest BCUT2D eigenvalue weighted by Crippen LogP contribution is 2.38. The molecule has 0 radical (unpaired) electrons. The summed E-state index contributed by atoms with van der Waals surface area (Å²) in [7, 11) is 1.62. The molecule has 0 spiro atoms. The van der Waals surface area contributed by atoms with Crippen LogP contribution in [0.1, 0.15) is 29.2 Å². The van der Waals surface area contributed by atoms with Gasteiger partial charge in [-0.1, -0.05) is 35.9 Å². The van der Waals surface area contributed by atoms with Gasteiger partial charge in [-0.3, -0.25) is 0 Å². The van der Waals surface area contributed by atoms with Crippen molar-refractivity contribution in [3.05, 3.63) is 63.7 Å². The Balaban J connectivity index is 2.63. The van der Waals surface area contributed by atoms with Gasteiger partial charge in [0, 0.05) is 10.6 Å². The van der Waals surface area contributed by atoms with Crippen molar-refractivity contribution in [3.63, 3.8) is 0 Å². The van der Waals surface area contributed by atoms with Crippen LogP contribution in [0.4, 0.5) is 0 Å². The molecule has 3 heteroatoms. The smallest absolute Gasteiger partial charge is 0.128 e. The van der Waals surface area contributed by atoms with Crippen molar-refractivity contribution in [2.45, 2.75) is 26.4 Å². The highest BCUT2D eigenvalue weighted by atomic mass is 35.5. The molecule has 0 saturated carbocycles. The molecule has 0 bridgehead atoms. The predicted octanol–water partition coefficient (Wildman–Crippen LogP) is 4.22. The second-order valence-corrected chi connectivity index (χ2v) is 5.61. The van der Waals surface area contributed by atoms with E-state index in [-0.39, 0.29) is 0 Å². The molecular weight excluding hydrogens is 272 g/mol. The lowest BCUT2D eigenvalue weighted by atomic mass is 9.86. The predicted molar refractivity (Wildman–Crippen MR) is 82.6 cm³/mol. The van der Waals surface area contributed by atoms with E-state index in [2.05, 4.69) is 0 Å². The lowest BCUT2D eigenvalue weighted by molar-refractivity contribution is 0.0988. The fraction of sp³-hybridized carbons (Fsp3) is 0.294. The Hall–Kier alpha value is -1.51. The molecule has 0 aliphatic rings. The third-order valence-corrected chi connectivity index (χ3v) is 4.03. The molecule has 0 aromatic heterocycles. The highest BCUT2D eigenvalue weighted by Gasteiger charge is 2.30. The van der Waals surface area contributed by atoms with Crippen LogP contribution in [0.5, 0.6) is 5.75 Å². The van der Waals surface area contributed by atoms with Crippen LogP contribution in [0, 0.1) is 13.8 Å². The zero-order chi connectivity index (χ0) is 14.9. The van der Waals surface area contributed by atoms with Crippen molar-refractivity contribution in [3.8, 4) is 5.75 Å². The summed E-state index contributed by atoms with van der Waals surface area (Å²) in [6.07, 6.45) is 0. The molecule has 0 saturated heterocycles. The summed E-state index contributed by atoms with van der Waals surface area (Å²) >= 11 is 6.03. The van der Waals surface area contributed by atoms with Gasteiger partial charge in [0.1, 0.15) is 11.4 Å². The number of halogens is 1. The van der Waals surface area contributed by atoms with Gasteiger partial charge in [-0.2, -0.15) is 0 Å². The summed E-state index contributed by atoms with van der Waals surface area (Å²) in [6, 6.07) is 11.2. The first-order valence-electron chi connectivity index (χ1n) is 6.51. The summed E-state index contributed by atoms with van der Waals surface area (Å²) in [5.74, 6) is 0.718. The van der Waals surface area contributed by atoms with Gasteiger partial charge < -0.3 is 9.84 Å². The first-order valence-corrected chi connectivity index (χ1v) is 6.88. The molecule has 1 unspecified atom stereocenters. The monoisotopic (exact) mass is 290 g/mol. The van der Waals surface area contributed by atoms with Gasteiger partial charge in [-0.25, -0.2) is 0 Å². The topological polar surface area (TPSA) is 29.5 Å². The Morgan fingerprint density at radius 1 is 1.15 bits per heavy atom. The minimum Gasteiger partial charge on any atom is -0.496 e. The Morgan fingerprint density at radius 3 is 2.45 bits per heavy atom. The third kappa shape index (κ3) is 2.54. The van der Waals surface area contributed by atoms with E-state index in [0.29, 0.717) is 5.02 Å². The van der Waals surface area contributed by atoms with E-state index < -0.39 is 5.60 Å². The van der Waals surface area contributed by atoms with Crippen LogP contribution in [-0.2, 0) is 5.60 Å². The number of hydrogen-bond donors (Lipinski definition) is 1. The Kier molecular flexibility index (Phi) is 4.07. The maximum atomic E-state index is 11.0. The van der Waals surface area contributed by atoms with Crippen molar-refractivity contribution in [1.29, 1.82) is 0 Å². The summed E-state index contributed by atoms with van der Waals surface area (Å²) in [5, 5.41) is 11.6. The Morgan fingerprint density at radius 2 is 1.85 bits per heavy atom. The molecule has 0 aliphatic heterocycles. The summed E-state index contributed by atoms with van der Waals surface area (Å²) in [6.45, 7) is 5.77. The number of ether oxygens (including phenoxy) is 1. The largest absolute Gasteiger partial charge is 0.496 e. The quantitative estimate of drug-likeness (QED) is 0.917. The molecule has 1 N–H and O–H groups in total. The maximum absolute atomic E-state index is 11.0. The van der Waals surface area contributed by atoms with Crippen LogP contribution in [0.25, 0.3) is 0 Å². The number of benzene rings is 2. The molecule has 2 rings (SSSR count). The van der Waals surface area contributed by atoms with Gasteiger partial charge in [0.2, 0.25) is 0 Å². The molecule has 0 heterocycles. The van der Waals surface area contributed by atoms with Gasteiger partial charge in [0.25, 0.3) is 0 Å². The first-order chi connectivity index (χ1) is 9.37. The van der Waals surface area contributed by atoms with Crippen molar-refractivity contribution < 1.29 is 9.84 Å². The molecule has 20 heavy (non-hydrogen) atoms. The normalized spacial score (nSPS) is 13.9. The van der Waals surface area contributed by atoms with E-state index in [4.69, 9.17) is 16.3 Å². The fourth-order valence-electron chi connectivity index (χ4n) is 2.38. The fourth-order valence-corrected chi connectivity index (χ4v) is 2.57. The summed E-state index contributed by atoms with van der Waals surface area (Å²) < 4.78 is 5.50. The lowest BCUT2D eigenvalue weighted by Gasteiger charge is -2.28. The molecule has 2 aromatic rings. The zero-order valence-electron chi connectivity index (χ0n) is 12.2. The van der Waals surface area contributed by atoms with Crippen molar-refractivity contribution in [1.82, 2.24) is 0 Å². The molecule has 106 valence electrons. The van der Waals surface area contributed by atoms with Crippen molar-refractivity contribution in [2.24, 2.45) is 0 Å². The lowest BCUT2D eigenvalue weighted by Crippen LogP contribution is -2.24. The summed E-state index contributed by atoms with van der Waals surface area (Å²) in [5.41, 5.74) is 2.49. The second-order valence-electron chi connectivity index (χ2n) is 5.17. The van der Waals surface area contributed by atoms with Gasteiger partial charge in [-0.15, -0.1) is 0 Å². The number of methoxy groups -OCH3 is 1. The minimum atomic E-state index is -1.16. The van der Waals surface area contributed by atoms with E-state index in [0.717, 1.165) is 28.0 Å². The van der Waals surface area contributed by atoms with Crippen LogP contribution in [0.3, 0.4) is 0 Å². The number of aliphatic hydroxyl groups is 1. The van der Waals surface area contributed by atoms with Crippen molar-refractivity contribution in [2.75, 3.05) is 7.11 Å². The Labute approximate surface area is 125 Å². The van der Waals surface area contributed by atoms with Crippen molar-refractivity contribution >= 4 is 11.6 Å². The maximum Gasteiger partial charge on any atom is 0.128 e. The van der Waals surface area contributed by atoms with E-state index in [1.807, 2.05) is 38.1 Å². The molecular formula is C17H19ClO2. The number of aryl methyl sites for hydroxylation is 1. The summed E-state index contributed by atoms with van der Waals surface area (Å²) in [4.78, 5) is 0. The molecule has 0 amide bonds.